The SMILES string of the molecule is Cl.O=C(CN1C[C@H]2CNC[C@H]2C1)Nc1ccc(F)cc1F. The first-order chi connectivity index (χ1) is 9.61. The Hall–Kier alpha value is -1.24. The highest BCUT2D eigenvalue weighted by molar-refractivity contribution is 5.92. The third-order valence-corrected chi connectivity index (χ3v) is 4.04. The Balaban J connectivity index is 0.00000161. The minimum Gasteiger partial charge on any atom is -0.322 e. The molecule has 0 aliphatic carbocycles. The first kappa shape index (κ1) is 16.1. The van der Waals surface area contributed by atoms with Gasteiger partial charge in [0, 0.05) is 19.2 Å². The van der Waals surface area contributed by atoms with E-state index in [0.717, 1.165) is 38.3 Å². The minimum absolute atomic E-state index is 0. The van der Waals surface area contributed by atoms with E-state index >= 15 is 0 Å². The number of nitrogens with one attached hydrogen (secondary N) is 2. The molecule has 116 valence electrons. The van der Waals surface area contributed by atoms with Crippen LogP contribution in [0.1, 0.15) is 0 Å². The van der Waals surface area contributed by atoms with Gasteiger partial charge in [0.2, 0.25) is 5.91 Å². The molecule has 0 spiro atoms. The summed E-state index contributed by atoms with van der Waals surface area (Å²) in [6.45, 7) is 4.07. The Kier molecular flexibility index (Phi) is 5.13. The van der Waals surface area contributed by atoms with E-state index in [1.807, 2.05) is 0 Å². The number of amides is 1. The van der Waals surface area contributed by atoms with Crippen LogP contribution in [0.2, 0.25) is 0 Å². The number of nitrogens with zero attached hydrogens (tertiary/aromatic N) is 1. The quantitative estimate of drug-likeness (QED) is 0.887. The molecule has 21 heavy (non-hydrogen) atoms. The fraction of sp³-hybridized carbons (Fsp3) is 0.500. The number of fused-ring (bicyclic) bond motifs is 1. The lowest BCUT2D eigenvalue weighted by Crippen LogP contribution is -2.33. The van der Waals surface area contributed by atoms with Gasteiger partial charge in [-0.1, -0.05) is 0 Å². The average Bonchev–Trinajstić information content (AvgIpc) is 2.93. The van der Waals surface area contributed by atoms with E-state index in [1.54, 1.807) is 0 Å². The molecule has 2 saturated heterocycles. The highest BCUT2D eigenvalue weighted by Gasteiger charge is 2.36. The van der Waals surface area contributed by atoms with E-state index in [4.69, 9.17) is 0 Å². The van der Waals surface area contributed by atoms with Crippen LogP contribution in [-0.4, -0.2) is 43.5 Å². The van der Waals surface area contributed by atoms with Gasteiger partial charge < -0.3 is 10.6 Å². The van der Waals surface area contributed by atoms with Gasteiger partial charge in [-0.15, -0.1) is 12.4 Å². The standard InChI is InChI=1S/C14H17F2N3O.ClH/c15-11-1-2-13(12(16)3-11)18-14(20)8-19-6-9-4-17-5-10(9)7-19;/h1-3,9-10,17H,4-8H2,(H,18,20);1H/t9-,10+;. The Morgan fingerprint density at radius 2 is 1.95 bits per heavy atom. The Bertz CT molecular complexity index is 517. The number of carbonyl (C=O) groups excluding carboxylic acids is 1. The Morgan fingerprint density at radius 3 is 2.57 bits per heavy atom. The molecule has 1 amide bonds. The predicted molar refractivity (Wildman–Crippen MR) is 78.5 cm³/mol. The second kappa shape index (κ2) is 6.68. The number of likely N-dealkylation sites (tertiary alicyclic amines) is 1. The van der Waals surface area contributed by atoms with Crippen LogP contribution < -0.4 is 10.6 Å². The summed E-state index contributed by atoms with van der Waals surface area (Å²) < 4.78 is 26.2. The zero-order valence-corrected chi connectivity index (χ0v) is 12.3. The van der Waals surface area contributed by atoms with Gasteiger partial charge in [-0.3, -0.25) is 9.69 Å². The Morgan fingerprint density at radius 1 is 1.29 bits per heavy atom. The minimum atomic E-state index is -0.749. The van der Waals surface area contributed by atoms with E-state index in [-0.39, 0.29) is 30.5 Å². The lowest BCUT2D eigenvalue weighted by molar-refractivity contribution is -0.117. The van der Waals surface area contributed by atoms with Gasteiger partial charge in [0.15, 0.2) is 0 Å². The van der Waals surface area contributed by atoms with Gasteiger partial charge in [-0.05, 0) is 37.1 Å². The van der Waals surface area contributed by atoms with Crippen molar-refractivity contribution in [1.82, 2.24) is 10.2 Å². The number of hydrogen-bond acceptors (Lipinski definition) is 3. The summed E-state index contributed by atoms with van der Waals surface area (Å²) in [7, 11) is 0. The average molecular weight is 318 g/mol. The monoisotopic (exact) mass is 317 g/mol. The van der Waals surface area contributed by atoms with Gasteiger partial charge >= 0.3 is 0 Å². The smallest absolute Gasteiger partial charge is 0.238 e. The Labute approximate surface area is 128 Å². The first-order valence-electron chi connectivity index (χ1n) is 6.80. The molecular formula is C14H18ClF2N3O. The molecule has 4 nitrogen and oxygen atoms in total. The topological polar surface area (TPSA) is 44.4 Å². The summed E-state index contributed by atoms with van der Waals surface area (Å²) in [5.41, 5.74) is 0.0254. The van der Waals surface area contributed by atoms with Gasteiger partial charge in [-0.2, -0.15) is 0 Å². The van der Waals surface area contributed by atoms with Crippen LogP contribution in [0, 0.1) is 23.5 Å². The highest BCUT2D eigenvalue weighted by Crippen LogP contribution is 2.26. The fourth-order valence-electron chi connectivity index (χ4n) is 3.07. The lowest BCUT2D eigenvalue weighted by Gasteiger charge is -2.16. The second-order valence-electron chi connectivity index (χ2n) is 5.54. The molecule has 2 heterocycles. The van der Waals surface area contributed by atoms with Gasteiger partial charge in [-0.25, -0.2) is 8.78 Å². The molecule has 2 atom stereocenters. The van der Waals surface area contributed by atoms with Crippen molar-refractivity contribution < 1.29 is 13.6 Å². The highest BCUT2D eigenvalue weighted by atomic mass is 35.5. The van der Waals surface area contributed by atoms with Crippen molar-refractivity contribution in [2.75, 3.05) is 38.0 Å². The molecule has 0 unspecified atom stereocenters. The molecule has 2 aliphatic heterocycles. The third-order valence-electron chi connectivity index (χ3n) is 4.04. The van der Waals surface area contributed by atoms with Gasteiger partial charge in [0.05, 0.1) is 12.2 Å². The summed E-state index contributed by atoms with van der Waals surface area (Å²) in [5.74, 6) is -0.430. The van der Waals surface area contributed by atoms with E-state index in [0.29, 0.717) is 11.8 Å². The van der Waals surface area contributed by atoms with Crippen molar-refractivity contribution in [3.05, 3.63) is 29.8 Å². The number of rotatable bonds is 3. The molecule has 7 heteroatoms. The summed E-state index contributed by atoms with van der Waals surface area (Å²) in [6, 6.07) is 3.14. The van der Waals surface area contributed by atoms with Crippen molar-refractivity contribution in [1.29, 1.82) is 0 Å². The molecule has 2 aliphatic rings. The summed E-state index contributed by atoms with van der Waals surface area (Å²) in [4.78, 5) is 14.0. The largest absolute Gasteiger partial charge is 0.322 e. The molecule has 0 bridgehead atoms. The molecule has 1 aromatic rings. The maximum absolute atomic E-state index is 13.4. The van der Waals surface area contributed by atoms with Crippen LogP contribution in [0.5, 0.6) is 0 Å². The molecular weight excluding hydrogens is 300 g/mol. The molecule has 3 rings (SSSR count). The van der Waals surface area contributed by atoms with Crippen LogP contribution in [0.15, 0.2) is 18.2 Å². The predicted octanol–water partition coefficient (Wildman–Crippen LogP) is 1.48. The molecule has 0 saturated carbocycles. The van der Waals surface area contributed by atoms with Gasteiger partial charge in [0.1, 0.15) is 11.6 Å². The molecule has 0 radical (unpaired) electrons. The number of benzene rings is 1. The fourth-order valence-corrected chi connectivity index (χ4v) is 3.07. The molecule has 2 N–H and O–H groups in total. The van der Waals surface area contributed by atoms with Crippen molar-refractivity contribution in [3.8, 4) is 0 Å². The number of carbonyl (C=O) groups is 1. The molecule has 2 fully saturated rings. The van der Waals surface area contributed by atoms with Crippen molar-refractivity contribution in [2.24, 2.45) is 11.8 Å². The number of hydrogen-bond donors (Lipinski definition) is 2. The second-order valence-corrected chi connectivity index (χ2v) is 5.54. The van der Waals surface area contributed by atoms with Crippen LogP contribution in [-0.2, 0) is 4.79 Å². The van der Waals surface area contributed by atoms with Crippen LogP contribution >= 0.6 is 12.4 Å². The zero-order valence-electron chi connectivity index (χ0n) is 11.4. The number of halogens is 3. The first-order valence-corrected chi connectivity index (χ1v) is 6.80. The number of anilines is 1. The maximum Gasteiger partial charge on any atom is 0.238 e. The summed E-state index contributed by atoms with van der Waals surface area (Å²) >= 11 is 0. The van der Waals surface area contributed by atoms with Crippen LogP contribution in [0.3, 0.4) is 0 Å². The maximum atomic E-state index is 13.4. The van der Waals surface area contributed by atoms with E-state index in [1.165, 1.54) is 6.07 Å². The molecule has 1 aromatic carbocycles. The third kappa shape index (κ3) is 3.70. The molecule has 0 aromatic heterocycles. The van der Waals surface area contributed by atoms with Crippen molar-refractivity contribution in [2.45, 2.75) is 0 Å². The van der Waals surface area contributed by atoms with Crippen molar-refractivity contribution in [3.63, 3.8) is 0 Å². The zero-order chi connectivity index (χ0) is 14.1. The van der Waals surface area contributed by atoms with E-state index < -0.39 is 11.6 Å². The lowest BCUT2D eigenvalue weighted by atomic mass is 10.0. The van der Waals surface area contributed by atoms with E-state index in [2.05, 4.69) is 15.5 Å². The van der Waals surface area contributed by atoms with E-state index in [9.17, 15) is 13.6 Å². The van der Waals surface area contributed by atoms with Crippen LogP contribution in [0.4, 0.5) is 14.5 Å². The summed E-state index contributed by atoms with van der Waals surface area (Å²) in [5, 5.41) is 5.83. The normalized spacial score (nSPS) is 24.5. The van der Waals surface area contributed by atoms with Crippen LogP contribution in [0.25, 0.3) is 0 Å². The summed E-state index contributed by atoms with van der Waals surface area (Å²) in [6.07, 6.45) is 0. The van der Waals surface area contributed by atoms with Crippen molar-refractivity contribution >= 4 is 24.0 Å². The van der Waals surface area contributed by atoms with Gasteiger partial charge in [0.25, 0.3) is 0 Å².